The average molecular weight is 308 g/mol. The number of aromatic nitrogens is 3. The molecule has 0 spiro atoms. The van der Waals surface area contributed by atoms with E-state index in [4.69, 9.17) is 21.1 Å². The molecule has 0 saturated heterocycles. The maximum Gasteiger partial charge on any atom is 0.231 e. The first-order valence-electron chi connectivity index (χ1n) is 6.34. The lowest BCUT2D eigenvalue weighted by atomic mass is 10.2. The maximum atomic E-state index is 5.90. The quantitative estimate of drug-likeness (QED) is 0.925. The molecule has 3 rings (SSSR count). The van der Waals surface area contributed by atoms with Crippen molar-refractivity contribution in [3.8, 4) is 11.5 Å². The van der Waals surface area contributed by atoms with Gasteiger partial charge < -0.3 is 19.7 Å². The van der Waals surface area contributed by atoms with Gasteiger partial charge in [0.1, 0.15) is 0 Å². The molecule has 110 valence electrons. The second kappa shape index (κ2) is 5.61. The van der Waals surface area contributed by atoms with Crippen molar-refractivity contribution in [3.05, 3.63) is 29.0 Å². The molecule has 0 saturated carbocycles. The number of hydrogen-bond donors (Lipinski definition) is 1. The molecular weight excluding hydrogens is 294 g/mol. The molecule has 0 bridgehead atoms. The Kier molecular flexibility index (Phi) is 3.66. The molecule has 1 aliphatic heterocycles. The summed E-state index contributed by atoms with van der Waals surface area (Å²) < 4.78 is 10.8. The number of para-hydroxylation sites is 1. The number of benzene rings is 1. The summed E-state index contributed by atoms with van der Waals surface area (Å²) in [4.78, 5) is 14.1. The minimum atomic E-state index is 0.147. The van der Waals surface area contributed by atoms with Gasteiger partial charge in [-0.2, -0.15) is 15.0 Å². The predicted octanol–water partition coefficient (Wildman–Crippen LogP) is 1.93. The highest BCUT2D eigenvalue weighted by Gasteiger charge is 2.17. The van der Waals surface area contributed by atoms with Gasteiger partial charge in [0.15, 0.2) is 11.5 Å². The zero-order valence-electron chi connectivity index (χ0n) is 11.6. The molecule has 21 heavy (non-hydrogen) atoms. The van der Waals surface area contributed by atoms with E-state index in [0.717, 1.165) is 17.1 Å². The normalized spacial score (nSPS) is 12.3. The molecule has 0 amide bonds. The molecule has 7 nitrogen and oxygen atoms in total. The van der Waals surface area contributed by atoms with Crippen molar-refractivity contribution < 1.29 is 9.47 Å². The van der Waals surface area contributed by atoms with Gasteiger partial charge in [-0.1, -0.05) is 12.1 Å². The minimum Gasteiger partial charge on any atom is -0.454 e. The second-order valence-corrected chi connectivity index (χ2v) is 4.97. The summed E-state index contributed by atoms with van der Waals surface area (Å²) in [6.45, 7) is 0.744. The third kappa shape index (κ3) is 2.92. The Morgan fingerprint density at radius 1 is 1.24 bits per heavy atom. The number of fused-ring (bicyclic) bond motifs is 1. The Morgan fingerprint density at radius 2 is 2.10 bits per heavy atom. The fourth-order valence-corrected chi connectivity index (χ4v) is 2.08. The van der Waals surface area contributed by atoms with Gasteiger partial charge in [0.05, 0.1) is 0 Å². The first-order chi connectivity index (χ1) is 10.1. The van der Waals surface area contributed by atoms with Crippen molar-refractivity contribution >= 4 is 23.5 Å². The summed E-state index contributed by atoms with van der Waals surface area (Å²) in [5.41, 5.74) is 0.966. The number of nitrogens with zero attached hydrogens (tertiary/aromatic N) is 4. The van der Waals surface area contributed by atoms with E-state index in [9.17, 15) is 0 Å². The van der Waals surface area contributed by atoms with E-state index < -0.39 is 0 Å². The van der Waals surface area contributed by atoms with Gasteiger partial charge in [0, 0.05) is 26.2 Å². The lowest BCUT2D eigenvalue weighted by molar-refractivity contribution is 0.173. The van der Waals surface area contributed by atoms with Crippen LogP contribution in [0.1, 0.15) is 5.56 Å². The monoisotopic (exact) mass is 307 g/mol. The zero-order valence-corrected chi connectivity index (χ0v) is 12.4. The van der Waals surface area contributed by atoms with Gasteiger partial charge in [-0.3, -0.25) is 0 Å². The van der Waals surface area contributed by atoms with Crippen LogP contribution in [0.3, 0.4) is 0 Å². The van der Waals surface area contributed by atoms with E-state index in [1.54, 1.807) is 4.90 Å². The van der Waals surface area contributed by atoms with E-state index >= 15 is 0 Å². The molecule has 0 radical (unpaired) electrons. The fourth-order valence-electron chi connectivity index (χ4n) is 1.92. The molecule has 8 heteroatoms. The summed E-state index contributed by atoms with van der Waals surface area (Å²) in [6.07, 6.45) is 0. The standard InChI is InChI=1S/C13H14ClN5O2/c1-19(2)13-17-11(14)16-12(18-13)15-6-8-4-3-5-9-10(8)21-7-20-9/h3-5H,6-7H2,1-2H3,(H,15,16,17,18). The molecule has 2 heterocycles. The van der Waals surface area contributed by atoms with Gasteiger partial charge in [-0.25, -0.2) is 0 Å². The topological polar surface area (TPSA) is 72.4 Å². The van der Waals surface area contributed by atoms with Gasteiger partial charge in [0.2, 0.25) is 24.0 Å². The van der Waals surface area contributed by atoms with Crippen LogP contribution < -0.4 is 19.7 Å². The summed E-state index contributed by atoms with van der Waals surface area (Å²) in [6, 6.07) is 5.74. The number of hydrogen-bond acceptors (Lipinski definition) is 7. The lowest BCUT2D eigenvalue weighted by Crippen LogP contribution is -2.15. The van der Waals surface area contributed by atoms with Crippen LogP contribution >= 0.6 is 11.6 Å². The minimum absolute atomic E-state index is 0.147. The third-order valence-electron chi connectivity index (χ3n) is 2.91. The molecule has 0 aliphatic carbocycles. The van der Waals surface area contributed by atoms with Crippen LogP contribution in [-0.4, -0.2) is 35.8 Å². The average Bonchev–Trinajstić information content (AvgIpc) is 2.93. The lowest BCUT2D eigenvalue weighted by Gasteiger charge is -2.12. The number of halogens is 1. The van der Waals surface area contributed by atoms with Gasteiger partial charge in [0.25, 0.3) is 0 Å². The second-order valence-electron chi connectivity index (χ2n) is 4.63. The van der Waals surface area contributed by atoms with E-state index in [1.165, 1.54) is 0 Å². The fraction of sp³-hybridized carbons (Fsp3) is 0.308. The van der Waals surface area contributed by atoms with Crippen molar-refractivity contribution in [2.24, 2.45) is 0 Å². The predicted molar refractivity (Wildman–Crippen MR) is 79.1 cm³/mol. The number of ether oxygens (including phenoxy) is 2. The van der Waals surface area contributed by atoms with Crippen molar-refractivity contribution in [2.45, 2.75) is 6.54 Å². The first kappa shape index (κ1) is 13.7. The molecule has 1 aromatic heterocycles. The summed E-state index contributed by atoms with van der Waals surface area (Å²) in [7, 11) is 3.68. The number of nitrogens with one attached hydrogen (secondary N) is 1. The molecule has 2 aromatic rings. The third-order valence-corrected chi connectivity index (χ3v) is 3.08. The van der Waals surface area contributed by atoms with E-state index in [0.29, 0.717) is 18.4 Å². The molecule has 1 aliphatic rings. The van der Waals surface area contributed by atoms with Crippen molar-refractivity contribution in [3.63, 3.8) is 0 Å². The van der Waals surface area contributed by atoms with Gasteiger partial charge in [-0.05, 0) is 17.7 Å². The summed E-state index contributed by atoms with van der Waals surface area (Å²) in [5, 5.41) is 3.27. The van der Waals surface area contributed by atoms with Crippen LogP contribution in [0.25, 0.3) is 0 Å². The SMILES string of the molecule is CN(C)c1nc(Cl)nc(NCc2cccc3c2OCO3)n1. The molecular formula is C13H14ClN5O2. The number of anilines is 2. The molecule has 0 unspecified atom stereocenters. The Labute approximate surface area is 126 Å². The highest BCUT2D eigenvalue weighted by Crippen LogP contribution is 2.35. The first-order valence-corrected chi connectivity index (χ1v) is 6.71. The van der Waals surface area contributed by atoms with Crippen molar-refractivity contribution in [1.29, 1.82) is 0 Å². The van der Waals surface area contributed by atoms with Crippen LogP contribution in [0.2, 0.25) is 5.28 Å². The summed E-state index contributed by atoms with van der Waals surface area (Å²) >= 11 is 5.90. The number of rotatable bonds is 4. The van der Waals surface area contributed by atoms with Crippen LogP contribution in [0.4, 0.5) is 11.9 Å². The summed E-state index contributed by atoms with van der Waals surface area (Å²) in [5.74, 6) is 2.40. The Bertz CT molecular complexity index is 665. The molecule has 0 atom stereocenters. The van der Waals surface area contributed by atoms with Crippen LogP contribution in [0, 0.1) is 0 Å². The largest absolute Gasteiger partial charge is 0.454 e. The van der Waals surface area contributed by atoms with E-state index in [-0.39, 0.29) is 12.1 Å². The smallest absolute Gasteiger partial charge is 0.231 e. The molecule has 1 N–H and O–H groups in total. The molecule has 0 fully saturated rings. The maximum absolute atomic E-state index is 5.90. The molecule has 1 aromatic carbocycles. The van der Waals surface area contributed by atoms with Gasteiger partial charge >= 0.3 is 0 Å². The van der Waals surface area contributed by atoms with Crippen LogP contribution in [0.15, 0.2) is 18.2 Å². The van der Waals surface area contributed by atoms with E-state index in [2.05, 4.69) is 20.3 Å². The van der Waals surface area contributed by atoms with Crippen LogP contribution in [-0.2, 0) is 6.54 Å². The van der Waals surface area contributed by atoms with E-state index in [1.807, 2.05) is 32.3 Å². The Balaban J connectivity index is 1.78. The van der Waals surface area contributed by atoms with Crippen LogP contribution in [0.5, 0.6) is 11.5 Å². The van der Waals surface area contributed by atoms with Crippen molar-refractivity contribution in [1.82, 2.24) is 15.0 Å². The highest BCUT2D eigenvalue weighted by atomic mass is 35.5. The van der Waals surface area contributed by atoms with Gasteiger partial charge in [-0.15, -0.1) is 0 Å². The van der Waals surface area contributed by atoms with Crippen molar-refractivity contribution in [2.75, 3.05) is 31.1 Å². The highest BCUT2D eigenvalue weighted by molar-refractivity contribution is 6.28. The zero-order chi connectivity index (χ0) is 14.8. The Hall–Kier alpha value is -2.28. The Morgan fingerprint density at radius 3 is 2.90 bits per heavy atom.